The molecule has 8 nitrogen and oxygen atoms in total. The molecule has 2 amide bonds. The minimum atomic E-state index is -0.295. The van der Waals surface area contributed by atoms with E-state index < -0.39 is 0 Å². The summed E-state index contributed by atoms with van der Waals surface area (Å²) in [6.45, 7) is 5.98. The number of nitrogen functional groups attached to an aromatic ring is 1. The number of aromatic nitrogens is 3. The summed E-state index contributed by atoms with van der Waals surface area (Å²) in [6.07, 6.45) is 4.14. The number of urea groups is 1. The summed E-state index contributed by atoms with van der Waals surface area (Å²) in [6, 6.07) is 19.4. The van der Waals surface area contributed by atoms with E-state index in [1.165, 1.54) is 0 Å². The number of fused-ring (bicyclic) bond motifs is 2. The number of imidazole rings is 1. The number of nitrogens with one attached hydrogen (secondary N) is 3. The van der Waals surface area contributed by atoms with Gasteiger partial charge >= 0.3 is 6.03 Å². The number of nitrogens with two attached hydrogens (primary N) is 1. The number of carbonyl (C=O) groups is 1. The number of nitrogens with zero attached hydrogens (tertiary/aromatic N) is 3. The van der Waals surface area contributed by atoms with Crippen molar-refractivity contribution in [3.63, 3.8) is 0 Å². The van der Waals surface area contributed by atoms with Crippen LogP contribution in [0, 0.1) is 13.8 Å². The Hall–Kier alpha value is -4.43. The van der Waals surface area contributed by atoms with E-state index in [4.69, 9.17) is 10.7 Å². The van der Waals surface area contributed by atoms with Gasteiger partial charge in [-0.15, -0.1) is 0 Å². The summed E-state index contributed by atoms with van der Waals surface area (Å²) >= 11 is 0. The number of hydrogen-bond donors (Lipinski definition) is 4. The molecule has 0 spiro atoms. The average molecular weight is 506 g/mol. The fourth-order valence-electron chi connectivity index (χ4n) is 5.54. The van der Waals surface area contributed by atoms with E-state index in [0.717, 1.165) is 81.9 Å². The SMILES string of the molecule is Cc1cccc(NC(=O)Nc2ccc(-c3nc(C)n4c(C5CCCNC5)cnc(N)c34)c3ccccc23)c1. The number of carbonyl (C=O) groups excluding carboxylic acids is 1. The molecule has 0 radical (unpaired) electrons. The third kappa shape index (κ3) is 4.33. The third-order valence-electron chi connectivity index (χ3n) is 7.30. The Balaban J connectivity index is 1.42. The zero-order chi connectivity index (χ0) is 26.2. The van der Waals surface area contributed by atoms with Gasteiger partial charge in [0.2, 0.25) is 0 Å². The fourth-order valence-corrected chi connectivity index (χ4v) is 5.54. The predicted octanol–water partition coefficient (Wildman–Crippen LogP) is 5.86. The number of aryl methyl sites for hydroxylation is 2. The van der Waals surface area contributed by atoms with Crippen molar-refractivity contribution in [1.29, 1.82) is 0 Å². The first kappa shape index (κ1) is 23.9. The summed E-state index contributed by atoms with van der Waals surface area (Å²) in [5.41, 5.74) is 12.7. The van der Waals surface area contributed by atoms with Crippen molar-refractivity contribution in [2.24, 2.45) is 0 Å². The Morgan fingerprint density at radius 1 is 1.05 bits per heavy atom. The van der Waals surface area contributed by atoms with Crippen molar-refractivity contribution >= 4 is 39.5 Å². The molecule has 192 valence electrons. The molecule has 8 heteroatoms. The lowest BCUT2D eigenvalue weighted by atomic mass is 9.96. The number of anilines is 3. The molecule has 5 N–H and O–H groups in total. The highest BCUT2D eigenvalue weighted by molar-refractivity contribution is 6.10. The predicted molar refractivity (Wildman–Crippen MR) is 154 cm³/mol. The molecular weight excluding hydrogens is 474 g/mol. The molecule has 6 rings (SSSR count). The number of rotatable bonds is 4. The minimum Gasteiger partial charge on any atom is -0.382 e. The van der Waals surface area contributed by atoms with Crippen LogP contribution in [0.1, 0.15) is 35.8 Å². The second kappa shape index (κ2) is 9.79. The van der Waals surface area contributed by atoms with Crippen LogP contribution in [-0.4, -0.2) is 33.5 Å². The Morgan fingerprint density at radius 2 is 1.89 bits per heavy atom. The lowest BCUT2D eigenvalue weighted by Gasteiger charge is -2.24. The molecule has 1 aliphatic rings. The van der Waals surface area contributed by atoms with E-state index in [2.05, 4.69) is 25.3 Å². The Bertz CT molecular complexity index is 1670. The van der Waals surface area contributed by atoms with Gasteiger partial charge in [0.05, 0.1) is 5.69 Å². The molecule has 0 aliphatic carbocycles. The molecule has 1 fully saturated rings. The second-order valence-corrected chi connectivity index (χ2v) is 9.96. The van der Waals surface area contributed by atoms with E-state index in [9.17, 15) is 4.79 Å². The van der Waals surface area contributed by atoms with Gasteiger partial charge in [0.25, 0.3) is 0 Å². The molecule has 5 aromatic rings. The van der Waals surface area contributed by atoms with E-state index in [-0.39, 0.29) is 6.03 Å². The van der Waals surface area contributed by atoms with Crippen LogP contribution in [0.5, 0.6) is 0 Å². The van der Waals surface area contributed by atoms with Crippen molar-refractivity contribution in [1.82, 2.24) is 19.7 Å². The highest BCUT2D eigenvalue weighted by Gasteiger charge is 2.24. The number of piperidine rings is 1. The largest absolute Gasteiger partial charge is 0.382 e. The van der Waals surface area contributed by atoms with Crippen LogP contribution >= 0.6 is 0 Å². The number of amides is 2. The first-order chi connectivity index (χ1) is 18.5. The Labute approximate surface area is 221 Å². The van der Waals surface area contributed by atoms with E-state index in [0.29, 0.717) is 11.7 Å². The molecule has 1 atom stereocenters. The highest BCUT2D eigenvalue weighted by Crippen LogP contribution is 2.38. The van der Waals surface area contributed by atoms with Crippen LogP contribution in [0.4, 0.5) is 22.0 Å². The van der Waals surface area contributed by atoms with Crippen molar-refractivity contribution in [2.45, 2.75) is 32.6 Å². The van der Waals surface area contributed by atoms with Crippen LogP contribution in [0.15, 0.2) is 66.9 Å². The van der Waals surface area contributed by atoms with E-state index in [1.807, 2.05) is 80.7 Å². The molecule has 3 aromatic carbocycles. The molecule has 38 heavy (non-hydrogen) atoms. The van der Waals surface area contributed by atoms with Gasteiger partial charge in [0.15, 0.2) is 0 Å². The normalized spacial score (nSPS) is 15.6. The lowest BCUT2D eigenvalue weighted by molar-refractivity contribution is 0.262. The van der Waals surface area contributed by atoms with Crippen molar-refractivity contribution in [3.05, 3.63) is 83.9 Å². The molecule has 1 unspecified atom stereocenters. The fraction of sp³-hybridized carbons (Fsp3) is 0.233. The minimum absolute atomic E-state index is 0.295. The van der Waals surface area contributed by atoms with Crippen LogP contribution in [0.2, 0.25) is 0 Å². The second-order valence-electron chi connectivity index (χ2n) is 9.96. The van der Waals surface area contributed by atoms with Crippen molar-refractivity contribution in [2.75, 3.05) is 29.5 Å². The maximum Gasteiger partial charge on any atom is 0.323 e. The van der Waals surface area contributed by atoms with E-state index >= 15 is 0 Å². The van der Waals surface area contributed by atoms with Gasteiger partial charge in [-0.05, 0) is 62.4 Å². The molecular formula is C30H31N7O. The summed E-state index contributed by atoms with van der Waals surface area (Å²) in [4.78, 5) is 22.4. The Morgan fingerprint density at radius 3 is 2.68 bits per heavy atom. The van der Waals surface area contributed by atoms with Crippen LogP contribution in [-0.2, 0) is 0 Å². The maximum absolute atomic E-state index is 12.8. The number of hydrogen-bond acceptors (Lipinski definition) is 5. The van der Waals surface area contributed by atoms with Gasteiger partial charge in [-0.3, -0.25) is 4.40 Å². The Kier molecular flexibility index (Phi) is 6.17. The average Bonchev–Trinajstić information content (AvgIpc) is 3.27. The quantitative estimate of drug-likeness (QED) is 0.245. The smallest absolute Gasteiger partial charge is 0.323 e. The molecule has 1 saturated heterocycles. The standard InChI is InChI=1S/C30H31N7O/c1-18-7-5-9-21(15-18)35-30(38)36-25-13-12-24(22-10-3-4-11-23(22)25)27-28-29(31)33-17-26(37(28)19(2)34-27)20-8-6-14-32-16-20/h3-5,7,9-13,15,17,20,32H,6,8,14,16H2,1-2H3,(H2,31,33)(H2,35,36,38). The highest BCUT2D eigenvalue weighted by atomic mass is 16.2. The van der Waals surface area contributed by atoms with Gasteiger partial charge in [-0.25, -0.2) is 14.8 Å². The summed E-state index contributed by atoms with van der Waals surface area (Å²) in [5, 5.41) is 11.3. The summed E-state index contributed by atoms with van der Waals surface area (Å²) in [7, 11) is 0. The van der Waals surface area contributed by atoms with Gasteiger partial charge < -0.3 is 21.7 Å². The van der Waals surface area contributed by atoms with Gasteiger partial charge in [0.1, 0.15) is 22.9 Å². The third-order valence-corrected chi connectivity index (χ3v) is 7.30. The lowest BCUT2D eigenvalue weighted by Crippen LogP contribution is -2.29. The monoisotopic (exact) mass is 505 g/mol. The molecule has 2 aromatic heterocycles. The van der Waals surface area contributed by atoms with Crippen LogP contribution in [0.25, 0.3) is 27.5 Å². The molecule has 0 bridgehead atoms. The zero-order valence-corrected chi connectivity index (χ0v) is 21.6. The topological polar surface area (TPSA) is 109 Å². The van der Waals surface area contributed by atoms with Crippen LogP contribution < -0.4 is 21.7 Å². The van der Waals surface area contributed by atoms with E-state index in [1.54, 1.807) is 0 Å². The number of benzene rings is 3. The molecule has 1 aliphatic heterocycles. The van der Waals surface area contributed by atoms with Gasteiger partial charge in [0, 0.05) is 41.0 Å². The first-order valence-corrected chi connectivity index (χ1v) is 13.0. The van der Waals surface area contributed by atoms with Crippen LogP contribution in [0.3, 0.4) is 0 Å². The van der Waals surface area contributed by atoms with Gasteiger partial charge in [-0.2, -0.15) is 0 Å². The molecule has 3 heterocycles. The summed E-state index contributed by atoms with van der Waals surface area (Å²) in [5.74, 6) is 1.70. The van der Waals surface area contributed by atoms with Crippen molar-refractivity contribution in [3.8, 4) is 11.3 Å². The van der Waals surface area contributed by atoms with Crippen molar-refractivity contribution < 1.29 is 4.79 Å². The molecule has 0 saturated carbocycles. The first-order valence-electron chi connectivity index (χ1n) is 13.0. The van der Waals surface area contributed by atoms with Gasteiger partial charge in [-0.1, -0.05) is 42.5 Å². The zero-order valence-electron chi connectivity index (χ0n) is 21.6. The maximum atomic E-state index is 12.8. The summed E-state index contributed by atoms with van der Waals surface area (Å²) < 4.78 is 2.17.